The summed E-state index contributed by atoms with van der Waals surface area (Å²) in [5.74, 6) is 0. The Labute approximate surface area is 113 Å². The normalized spacial score (nSPS) is 34.8. The van der Waals surface area contributed by atoms with Gasteiger partial charge in [-0.2, -0.15) is 0 Å². The van der Waals surface area contributed by atoms with Crippen LogP contribution in [-0.2, 0) is 0 Å². The highest BCUT2D eigenvalue weighted by atomic mass is 15.3. The first kappa shape index (κ1) is 12.9. The summed E-state index contributed by atoms with van der Waals surface area (Å²) in [6.07, 6.45) is 14.5. The van der Waals surface area contributed by atoms with Crippen molar-refractivity contribution in [3.8, 4) is 0 Å². The maximum absolute atomic E-state index is 3.89. The SMILES string of the molecule is CC1CNC2(CCCC2)CN1C1CCCCCC1. The average Bonchev–Trinajstić information content (AvgIpc) is 2.66. The molecular weight excluding hydrogens is 220 g/mol. The van der Waals surface area contributed by atoms with Crippen LogP contribution in [0.2, 0.25) is 0 Å². The van der Waals surface area contributed by atoms with Crippen LogP contribution in [0.25, 0.3) is 0 Å². The number of hydrogen-bond acceptors (Lipinski definition) is 2. The lowest BCUT2D eigenvalue weighted by atomic mass is 9.90. The van der Waals surface area contributed by atoms with Gasteiger partial charge in [-0.05, 0) is 32.6 Å². The summed E-state index contributed by atoms with van der Waals surface area (Å²) in [5.41, 5.74) is 0.499. The van der Waals surface area contributed by atoms with Crippen LogP contribution in [0.15, 0.2) is 0 Å². The van der Waals surface area contributed by atoms with Crippen LogP contribution in [0.5, 0.6) is 0 Å². The van der Waals surface area contributed by atoms with E-state index in [9.17, 15) is 0 Å². The second-order valence-corrected chi connectivity index (χ2v) is 7.04. The Hall–Kier alpha value is -0.0800. The molecule has 1 spiro atoms. The van der Waals surface area contributed by atoms with Crippen LogP contribution in [0.1, 0.15) is 71.1 Å². The molecule has 0 aromatic carbocycles. The van der Waals surface area contributed by atoms with Gasteiger partial charge in [0.25, 0.3) is 0 Å². The molecule has 0 bridgehead atoms. The summed E-state index contributed by atoms with van der Waals surface area (Å²) in [5, 5.41) is 3.89. The summed E-state index contributed by atoms with van der Waals surface area (Å²) in [7, 11) is 0. The standard InChI is InChI=1S/C16H30N2/c1-14-12-17-16(10-6-7-11-16)13-18(14)15-8-4-2-3-5-9-15/h14-15,17H,2-13H2,1H3. The quantitative estimate of drug-likeness (QED) is 0.718. The van der Waals surface area contributed by atoms with Gasteiger partial charge in [0.05, 0.1) is 0 Å². The largest absolute Gasteiger partial charge is 0.308 e. The molecule has 3 fully saturated rings. The zero-order chi connectivity index (χ0) is 12.4. The van der Waals surface area contributed by atoms with Gasteiger partial charge in [-0.25, -0.2) is 0 Å². The van der Waals surface area contributed by atoms with E-state index in [0.717, 1.165) is 12.1 Å². The van der Waals surface area contributed by atoms with Crippen LogP contribution in [0.4, 0.5) is 0 Å². The van der Waals surface area contributed by atoms with Gasteiger partial charge in [-0.15, -0.1) is 0 Å². The minimum absolute atomic E-state index is 0.499. The Morgan fingerprint density at radius 2 is 1.61 bits per heavy atom. The summed E-state index contributed by atoms with van der Waals surface area (Å²) in [6.45, 7) is 4.98. The molecule has 0 aromatic rings. The zero-order valence-corrected chi connectivity index (χ0v) is 12.1. The van der Waals surface area contributed by atoms with E-state index in [2.05, 4.69) is 17.1 Å². The van der Waals surface area contributed by atoms with Crippen LogP contribution in [0.3, 0.4) is 0 Å². The van der Waals surface area contributed by atoms with Crippen LogP contribution < -0.4 is 5.32 Å². The first-order chi connectivity index (χ1) is 8.79. The van der Waals surface area contributed by atoms with E-state index < -0.39 is 0 Å². The lowest BCUT2D eigenvalue weighted by molar-refractivity contribution is 0.0443. The van der Waals surface area contributed by atoms with Gasteiger partial charge in [0.2, 0.25) is 0 Å². The van der Waals surface area contributed by atoms with E-state index in [4.69, 9.17) is 0 Å². The molecule has 1 heterocycles. The molecule has 3 aliphatic rings. The Morgan fingerprint density at radius 1 is 0.944 bits per heavy atom. The van der Waals surface area contributed by atoms with Crippen molar-refractivity contribution >= 4 is 0 Å². The summed E-state index contributed by atoms with van der Waals surface area (Å²) in [6, 6.07) is 1.64. The van der Waals surface area contributed by atoms with Crippen LogP contribution in [-0.4, -0.2) is 35.6 Å². The molecule has 2 aliphatic carbocycles. The lowest BCUT2D eigenvalue weighted by Gasteiger charge is -2.48. The van der Waals surface area contributed by atoms with Crippen molar-refractivity contribution in [2.75, 3.05) is 13.1 Å². The van der Waals surface area contributed by atoms with Gasteiger partial charge in [0, 0.05) is 30.7 Å². The van der Waals surface area contributed by atoms with E-state index >= 15 is 0 Å². The Morgan fingerprint density at radius 3 is 2.28 bits per heavy atom. The molecule has 104 valence electrons. The Bertz CT molecular complexity index is 262. The number of piperazine rings is 1. The van der Waals surface area contributed by atoms with E-state index in [1.54, 1.807) is 0 Å². The van der Waals surface area contributed by atoms with Crippen LogP contribution in [0, 0.1) is 0 Å². The van der Waals surface area contributed by atoms with Gasteiger partial charge in [-0.1, -0.05) is 38.5 Å². The third-order valence-electron chi connectivity index (χ3n) is 5.68. The molecule has 1 saturated heterocycles. The molecule has 0 radical (unpaired) electrons. The summed E-state index contributed by atoms with van der Waals surface area (Å²) in [4.78, 5) is 2.88. The topological polar surface area (TPSA) is 15.3 Å². The van der Waals surface area contributed by atoms with Crippen molar-refractivity contribution in [2.24, 2.45) is 0 Å². The van der Waals surface area contributed by atoms with E-state index in [1.165, 1.54) is 77.3 Å². The van der Waals surface area contributed by atoms with Crippen molar-refractivity contribution in [3.63, 3.8) is 0 Å². The maximum atomic E-state index is 3.89. The number of rotatable bonds is 1. The molecule has 1 unspecified atom stereocenters. The monoisotopic (exact) mass is 250 g/mol. The number of hydrogen-bond donors (Lipinski definition) is 1. The van der Waals surface area contributed by atoms with E-state index in [-0.39, 0.29) is 0 Å². The second-order valence-electron chi connectivity index (χ2n) is 7.04. The van der Waals surface area contributed by atoms with Crippen molar-refractivity contribution < 1.29 is 0 Å². The predicted molar refractivity (Wildman–Crippen MR) is 76.9 cm³/mol. The number of nitrogens with one attached hydrogen (secondary N) is 1. The summed E-state index contributed by atoms with van der Waals surface area (Å²) < 4.78 is 0. The highest BCUT2D eigenvalue weighted by molar-refractivity contribution is 5.01. The summed E-state index contributed by atoms with van der Waals surface area (Å²) >= 11 is 0. The van der Waals surface area contributed by atoms with Crippen molar-refractivity contribution in [3.05, 3.63) is 0 Å². The molecule has 18 heavy (non-hydrogen) atoms. The van der Waals surface area contributed by atoms with Gasteiger partial charge in [0.1, 0.15) is 0 Å². The molecule has 2 nitrogen and oxygen atoms in total. The smallest absolute Gasteiger partial charge is 0.0309 e. The molecule has 0 amide bonds. The molecule has 0 aromatic heterocycles. The molecule has 1 atom stereocenters. The third kappa shape index (κ3) is 2.60. The highest BCUT2D eigenvalue weighted by Gasteiger charge is 2.41. The molecule has 1 aliphatic heterocycles. The minimum atomic E-state index is 0.499. The van der Waals surface area contributed by atoms with E-state index in [1.807, 2.05) is 0 Å². The first-order valence-electron chi connectivity index (χ1n) is 8.30. The molecule has 1 N–H and O–H groups in total. The minimum Gasteiger partial charge on any atom is -0.308 e. The molecular formula is C16H30N2. The third-order valence-corrected chi connectivity index (χ3v) is 5.68. The molecule has 2 saturated carbocycles. The first-order valence-corrected chi connectivity index (χ1v) is 8.30. The van der Waals surface area contributed by atoms with Gasteiger partial charge >= 0.3 is 0 Å². The predicted octanol–water partition coefficient (Wildman–Crippen LogP) is 3.32. The van der Waals surface area contributed by atoms with Crippen molar-refractivity contribution in [1.82, 2.24) is 10.2 Å². The van der Waals surface area contributed by atoms with Gasteiger partial charge in [-0.3, -0.25) is 4.90 Å². The van der Waals surface area contributed by atoms with Crippen molar-refractivity contribution in [2.45, 2.75) is 88.8 Å². The second kappa shape index (κ2) is 5.50. The highest BCUT2D eigenvalue weighted by Crippen LogP contribution is 2.35. The van der Waals surface area contributed by atoms with Crippen molar-refractivity contribution in [1.29, 1.82) is 0 Å². The lowest BCUT2D eigenvalue weighted by Crippen LogP contribution is -2.64. The average molecular weight is 250 g/mol. The van der Waals surface area contributed by atoms with Gasteiger partial charge in [0.15, 0.2) is 0 Å². The molecule has 3 rings (SSSR count). The Kier molecular flexibility index (Phi) is 3.95. The Balaban J connectivity index is 1.68. The fraction of sp³-hybridized carbons (Fsp3) is 1.00. The zero-order valence-electron chi connectivity index (χ0n) is 12.1. The number of nitrogens with zero attached hydrogens (tertiary/aromatic N) is 1. The van der Waals surface area contributed by atoms with E-state index in [0.29, 0.717) is 5.54 Å². The van der Waals surface area contributed by atoms with Gasteiger partial charge < -0.3 is 5.32 Å². The fourth-order valence-electron chi connectivity index (χ4n) is 4.51. The fourth-order valence-corrected chi connectivity index (χ4v) is 4.51. The van der Waals surface area contributed by atoms with Crippen LogP contribution >= 0.6 is 0 Å². The maximum Gasteiger partial charge on any atom is 0.0309 e. The molecule has 2 heteroatoms.